The zero-order chi connectivity index (χ0) is 13.3. The lowest BCUT2D eigenvalue weighted by atomic mass is 10.3. The van der Waals surface area contributed by atoms with Gasteiger partial charge in [0.15, 0.2) is 0 Å². The van der Waals surface area contributed by atoms with E-state index in [2.05, 4.69) is 0 Å². The summed E-state index contributed by atoms with van der Waals surface area (Å²) in [7, 11) is 0. The van der Waals surface area contributed by atoms with E-state index in [1.54, 1.807) is 9.80 Å². The van der Waals surface area contributed by atoms with Crippen molar-refractivity contribution in [3.05, 3.63) is 0 Å². The maximum absolute atomic E-state index is 11.4. The highest BCUT2D eigenvalue weighted by Crippen LogP contribution is 1.99. The molecule has 17 heavy (non-hydrogen) atoms. The first-order valence-corrected chi connectivity index (χ1v) is 6.85. The molecule has 0 N–H and O–H groups in total. The highest BCUT2D eigenvalue weighted by Gasteiger charge is 2.12. The second-order valence-electron chi connectivity index (χ2n) is 3.57. The van der Waals surface area contributed by atoms with E-state index < -0.39 is 0 Å². The monoisotopic (exact) mass is 282 g/mol. The highest BCUT2D eigenvalue weighted by atomic mass is 35.5. The Labute approximate surface area is 113 Å². The zero-order valence-corrected chi connectivity index (χ0v) is 11.9. The van der Waals surface area contributed by atoms with Crippen molar-refractivity contribution >= 4 is 35.0 Å². The first kappa shape index (κ1) is 16.5. The summed E-state index contributed by atoms with van der Waals surface area (Å²) >= 11 is 11.0. The topological polar surface area (TPSA) is 40.6 Å². The Kier molecular flexibility index (Phi) is 9.27. The van der Waals surface area contributed by atoms with Crippen molar-refractivity contribution in [3.63, 3.8) is 0 Å². The third-order valence-electron chi connectivity index (χ3n) is 2.55. The van der Waals surface area contributed by atoms with Crippen molar-refractivity contribution in [2.75, 3.05) is 37.9 Å². The van der Waals surface area contributed by atoms with Crippen molar-refractivity contribution in [2.45, 2.75) is 20.3 Å². The molecule has 0 aliphatic heterocycles. The van der Waals surface area contributed by atoms with E-state index in [1.807, 2.05) is 13.8 Å². The van der Waals surface area contributed by atoms with Gasteiger partial charge in [0.25, 0.3) is 0 Å². The summed E-state index contributed by atoms with van der Waals surface area (Å²) in [6.45, 7) is 6.34. The van der Waals surface area contributed by atoms with Gasteiger partial charge in [-0.15, -0.1) is 23.2 Å². The Morgan fingerprint density at radius 2 is 1.24 bits per heavy atom. The summed E-state index contributed by atoms with van der Waals surface area (Å²) < 4.78 is 0. The quantitative estimate of drug-likeness (QED) is 0.634. The van der Waals surface area contributed by atoms with Crippen molar-refractivity contribution in [1.82, 2.24) is 9.80 Å². The molecule has 0 aliphatic carbocycles. The SMILES string of the molecule is CCN(CCCN(CC)C(=O)CCl)C(=O)CCl. The van der Waals surface area contributed by atoms with E-state index in [-0.39, 0.29) is 23.6 Å². The number of nitrogens with zero attached hydrogens (tertiary/aromatic N) is 2. The molecule has 0 aliphatic rings. The average Bonchev–Trinajstić information content (AvgIpc) is 2.37. The molecule has 0 atom stereocenters. The second-order valence-corrected chi connectivity index (χ2v) is 4.10. The van der Waals surface area contributed by atoms with Gasteiger partial charge in [-0.25, -0.2) is 0 Å². The van der Waals surface area contributed by atoms with Crippen LogP contribution in [0, 0.1) is 0 Å². The minimum atomic E-state index is -0.0686. The van der Waals surface area contributed by atoms with Gasteiger partial charge < -0.3 is 9.80 Å². The summed E-state index contributed by atoms with van der Waals surface area (Å²) in [5.41, 5.74) is 0. The van der Waals surface area contributed by atoms with Crippen molar-refractivity contribution in [3.8, 4) is 0 Å². The molecule has 2 amide bonds. The van der Waals surface area contributed by atoms with Crippen LogP contribution >= 0.6 is 23.2 Å². The fourth-order valence-electron chi connectivity index (χ4n) is 1.54. The van der Waals surface area contributed by atoms with Gasteiger partial charge in [0.05, 0.1) is 0 Å². The fourth-order valence-corrected chi connectivity index (χ4v) is 1.88. The minimum absolute atomic E-state index is 0.00590. The Morgan fingerprint density at radius 3 is 1.47 bits per heavy atom. The number of rotatable bonds is 8. The molecule has 0 saturated carbocycles. The van der Waals surface area contributed by atoms with Crippen LogP contribution in [0.1, 0.15) is 20.3 Å². The summed E-state index contributed by atoms with van der Waals surface area (Å²) in [5, 5.41) is 0. The Bertz CT molecular complexity index is 226. The zero-order valence-electron chi connectivity index (χ0n) is 10.4. The molecule has 0 spiro atoms. The molecule has 0 saturated heterocycles. The number of hydrogen-bond acceptors (Lipinski definition) is 2. The van der Waals surface area contributed by atoms with Crippen molar-refractivity contribution < 1.29 is 9.59 Å². The number of alkyl halides is 2. The van der Waals surface area contributed by atoms with Crippen LogP contribution in [-0.2, 0) is 9.59 Å². The lowest BCUT2D eigenvalue weighted by Crippen LogP contribution is -2.37. The third-order valence-corrected chi connectivity index (χ3v) is 3.01. The molecular formula is C11H20Cl2N2O2. The average molecular weight is 283 g/mol. The van der Waals surface area contributed by atoms with Crippen LogP contribution in [-0.4, -0.2) is 59.6 Å². The Balaban J connectivity index is 4.02. The Morgan fingerprint density at radius 1 is 0.882 bits per heavy atom. The van der Waals surface area contributed by atoms with Crippen LogP contribution in [0.15, 0.2) is 0 Å². The molecule has 0 radical (unpaired) electrons. The first-order chi connectivity index (χ1) is 8.10. The first-order valence-electron chi connectivity index (χ1n) is 5.78. The number of amides is 2. The molecule has 0 heterocycles. The largest absolute Gasteiger partial charge is 0.342 e. The van der Waals surface area contributed by atoms with E-state index in [1.165, 1.54) is 0 Å². The van der Waals surface area contributed by atoms with E-state index in [0.717, 1.165) is 6.42 Å². The van der Waals surface area contributed by atoms with E-state index in [0.29, 0.717) is 26.2 Å². The molecule has 6 heteroatoms. The van der Waals surface area contributed by atoms with Gasteiger partial charge >= 0.3 is 0 Å². The molecule has 0 aromatic rings. The van der Waals surface area contributed by atoms with Crippen LogP contribution in [0.4, 0.5) is 0 Å². The molecule has 4 nitrogen and oxygen atoms in total. The number of hydrogen-bond donors (Lipinski definition) is 0. The second kappa shape index (κ2) is 9.54. The van der Waals surface area contributed by atoms with Crippen molar-refractivity contribution in [2.24, 2.45) is 0 Å². The van der Waals surface area contributed by atoms with Crippen LogP contribution in [0.25, 0.3) is 0 Å². The summed E-state index contributed by atoms with van der Waals surface area (Å²) in [6, 6.07) is 0. The minimum Gasteiger partial charge on any atom is -0.342 e. The summed E-state index contributed by atoms with van der Waals surface area (Å²) in [5.74, 6) is -0.125. The lowest BCUT2D eigenvalue weighted by Gasteiger charge is -2.23. The predicted octanol–water partition coefficient (Wildman–Crippen LogP) is 1.55. The van der Waals surface area contributed by atoms with Gasteiger partial charge in [0, 0.05) is 26.2 Å². The molecule has 0 unspecified atom stereocenters. The standard InChI is InChI=1S/C11H20Cl2N2O2/c1-3-14(10(16)8-12)6-5-7-15(4-2)11(17)9-13/h3-9H2,1-2H3. The molecule has 0 fully saturated rings. The van der Waals surface area contributed by atoms with Crippen LogP contribution in [0.3, 0.4) is 0 Å². The predicted molar refractivity (Wildman–Crippen MR) is 70.6 cm³/mol. The van der Waals surface area contributed by atoms with Gasteiger partial charge in [-0.05, 0) is 20.3 Å². The van der Waals surface area contributed by atoms with Gasteiger partial charge in [0.1, 0.15) is 11.8 Å². The molecule has 0 aromatic carbocycles. The summed E-state index contributed by atoms with van der Waals surface area (Å²) in [6.07, 6.45) is 0.743. The molecule has 0 bridgehead atoms. The fraction of sp³-hybridized carbons (Fsp3) is 0.818. The van der Waals surface area contributed by atoms with E-state index in [4.69, 9.17) is 23.2 Å². The highest BCUT2D eigenvalue weighted by molar-refractivity contribution is 6.27. The molecule has 0 aromatic heterocycles. The van der Waals surface area contributed by atoms with E-state index >= 15 is 0 Å². The molecule has 0 rings (SSSR count). The lowest BCUT2D eigenvalue weighted by molar-refractivity contribution is -0.128. The molecular weight excluding hydrogens is 263 g/mol. The Hall–Kier alpha value is -0.480. The molecule has 100 valence electrons. The number of carbonyl (C=O) groups excluding carboxylic acids is 2. The third kappa shape index (κ3) is 6.13. The number of carbonyl (C=O) groups is 2. The maximum Gasteiger partial charge on any atom is 0.237 e. The summed E-state index contributed by atoms with van der Waals surface area (Å²) in [4.78, 5) is 26.1. The van der Waals surface area contributed by atoms with Crippen molar-refractivity contribution in [1.29, 1.82) is 0 Å². The van der Waals surface area contributed by atoms with E-state index in [9.17, 15) is 9.59 Å². The van der Waals surface area contributed by atoms with Gasteiger partial charge in [-0.1, -0.05) is 0 Å². The van der Waals surface area contributed by atoms with Crippen LogP contribution < -0.4 is 0 Å². The number of halogens is 2. The van der Waals surface area contributed by atoms with Gasteiger partial charge in [0.2, 0.25) is 11.8 Å². The van der Waals surface area contributed by atoms with Gasteiger partial charge in [-0.3, -0.25) is 9.59 Å². The smallest absolute Gasteiger partial charge is 0.237 e. The normalized spacial score (nSPS) is 10.1. The van der Waals surface area contributed by atoms with Crippen LogP contribution in [0.5, 0.6) is 0 Å². The maximum atomic E-state index is 11.4. The van der Waals surface area contributed by atoms with Gasteiger partial charge in [-0.2, -0.15) is 0 Å². The van der Waals surface area contributed by atoms with Crippen LogP contribution in [0.2, 0.25) is 0 Å².